The van der Waals surface area contributed by atoms with Gasteiger partial charge in [0.1, 0.15) is 0 Å². The number of rotatable bonds is 2. The van der Waals surface area contributed by atoms with Gasteiger partial charge in [0.25, 0.3) is 0 Å². The quantitative estimate of drug-likeness (QED) is 0.864. The SMILES string of the molecule is CC1(C)CCC([C@H](O)c2c(Cl)cccc2Cl)N1. The molecule has 0 radical (unpaired) electrons. The molecule has 1 aromatic carbocycles. The first-order valence-electron chi connectivity index (χ1n) is 5.80. The van der Waals surface area contributed by atoms with Gasteiger partial charge in [0.05, 0.1) is 6.10 Å². The van der Waals surface area contributed by atoms with Gasteiger partial charge in [-0.15, -0.1) is 0 Å². The van der Waals surface area contributed by atoms with Crippen LogP contribution in [0.1, 0.15) is 38.4 Å². The molecular formula is C13H17Cl2NO. The summed E-state index contributed by atoms with van der Waals surface area (Å²) in [6.07, 6.45) is 1.31. The molecule has 1 saturated heterocycles. The number of benzene rings is 1. The molecule has 2 nitrogen and oxygen atoms in total. The predicted octanol–water partition coefficient (Wildman–Crippen LogP) is 3.56. The average molecular weight is 274 g/mol. The topological polar surface area (TPSA) is 32.3 Å². The maximum atomic E-state index is 10.4. The van der Waals surface area contributed by atoms with Crippen LogP contribution in [0, 0.1) is 0 Å². The van der Waals surface area contributed by atoms with Crippen molar-refractivity contribution in [2.24, 2.45) is 0 Å². The fraction of sp³-hybridized carbons (Fsp3) is 0.538. The number of hydrogen-bond donors (Lipinski definition) is 2. The fourth-order valence-electron chi connectivity index (χ4n) is 2.39. The Morgan fingerprint density at radius 1 is 1.35 bits per heavy atom. The number of hydrogen-bond acceptors (Lipinski definition) is 2. The van der Waals surface area contributed by atoms with Crippen LogP contribution in [0.15, 0.2) is 18.2 Å². The van der Waals surface area contributed by atoms with Crippen molar-refractivity contribution in [3.05, 3.63) is 33.8 Å². The van der Waals surface area contributed by atoms with Crippen LogP contribution in [0.4, 0.5) is 0 Å². The van der Waals surface area contributed by atoms with Gasteiger partial charge < -0.3 is 10.4 Å². The van der Waals surface area contributed by atoms with Crippen LogP contribution in [0.2, 0.25) is 10.0 Å². The van der Waals surface area contributed by atoms with Crippen LogP contribution in [0.25, 0.3) is 0 Å². The zero-order valence-electron chi connectivity index (χ0n) is 10.0. The Bertz CT molecular complexity index is 400. The first-order valence-corrected chi connectivity index (χ1v) is 6.56. The molecule has 1 aromatic rings. The summed E-state index contributed by atoms with van der Waals surface area (Å²) < 4.78 is 0. The van der Waals surface area contributed by atoms with E-state index >= 15 is 0 Å². The van der Waals surface area contributed by atoms with Gasteiger partial charge in [0.15, 0.2) is 0 Å². The maximum Gasteiger partial charge on any atom is 0.0971 e. The Kier molecular flexibility index (Phi) is 3.69. The van der Waals surface area contributed by atoms with Crippen LogP contribution < -0.4 is 5.32 Å². The highest BCUT2D eigenvalue weighted by molar-refractivity contribution is 6.36. The van der Waals surface area contributed by atoms with Gasteiger partial charge in [0.2, 0.25) is 0 Å². The van der Waals surface area contributed by atoms with E-state index in [-0.39, 0.29) is 11.6 Å². The molecule has 1 aliphatic heterocycles. The summed E-state index contributed by atoms with van der Waals surface area (Å²) in [5.74, 6) is 0. The summed E-state index contributed by atoms with van der Waals surface area (Å²) in [5, 5.41) is 14.8. The molecule has 0 spiro atoms. The van der Waals surface area contributed by atoms with E-state index in [1.807, 2.05) is 0 Å². The Balaban J connectivity index is 2.23. The van der Waals surface area contributed by atoms with Crippen molar-refractivity contribution in [3.63, 3.8) is 0 Å². The molecule has 0 aliphatic carbocycles. The molecule has 0 amide bonds. The molecule has 2 atom stereocenters. The lowest BCUT2D eigenvalue weighted by atomic mass is 10.00. The van der Waals surface area contributed by atoms with Crippen molar-refractivity contribution < 1.29 is 5.11 Å². The summed E-state index contributed by atoms with van der Waals surface area (Å²) >= 11 is 12.2. The molecule has 0 bridgehead atoms. The first-order chi connectivity index (χ1) is 7.91. The predicted molar refractivity (Wildman–Crippen MR) is 71.7 cm³/mol. The summed E-state index contributed by atoms with van der Waals surface area (Å²) in [4.78, 5) is 0. The fourth-order valence-corrected chi connectivity index (χ4v) is 3.01. The standard InChI is InChI=1S/C13H17Cl2NO/c1-13(2)7-6-10(16-13)12(17)11-8(14)4-3-5-9(11)15/h3-5,10,12,16-17H,6-7H2,1-2H3/t10?,12-/m0/s1. The smallest absolute Gasteiger partial charge is 0.0971 e. The lowest BCUT2D eigenvalue weighted by Gasteiger charge is -2.25. The third kappa shape index (κ3) is 2.76. The molecule has 1 fully saturated rings. The number of nitrogens with one attached hydrogen (secondary N) is 1. The molecule has 2 N–H and O–H groups in total. The third-order valence-electron chi connectivity index (χ3n) is 3.33. The van der Waals surface area contributed by atoms with Crippen molar-refractivity contribution >= 4 is 23.2 Å². The van der Waals surface area contributed by atoms with E-state index in [1.165, 1.54) is 0 Å². The van der Waals surface area contributed by atoms with E-state index in [1.54, 1.807) is 18.2 Å². The number of halogens is 2. The zero-order chi connectivity index (χ0) is 12.6. The Labute approximate surface area is 112 Å². The second-order valence-electron chi connectivity index (χ2n) is 5.25. The van der Waals surface area contributed by atoms with Gasteiger partial charge in [-0.25, -0.2) is 0 Å². The van der Waals surface area contributed by atoms with Crippen LogP contribution in [0.5, 0.6) is 0 Å². The molecule has 2 rings (SSSR count). The highest BCUT2D eigenvalue weighted by Gasteiger charge is 2.35. The second kappa shape index (κ2) is 4.77. The molecule has 1 unspecified atom stereocenters. The minimum absolute atomic E-state index is 0.0161. The monoisotopic (exact) mass is 273 g/mol. The second-order valence-corrected chi connectivity index (χ2v) is 6.07. The van der Waals surface area contributed by atoms with Crippen molar-refractivity contribution in [1.29, 1.82) is 0 Å². The third-order valence-corrected chi connectivity index (χ3v) is 3.99. The van der Waals surface area contributed by atoms with E-state index in [9.17, 15) is 5.11 Å². The van der Waals surface area contributed by atoms with Gasteiger partial charge in [0, 0.05) is 27.2 Å². The average Bonchev–Trinajstić information content (AvgIpc) is 2.58. The molecule has 0 aromatic heterocycles. The van der Waals surface area contributed by atoms with E-state index in [0.29, 0.717) is 15.6 Å². The van der Waals surface area contributed by atoms with Crippen LogP contribution >= 0.6 is 23.2 Å². The summed E-state index contributed by atoms with van der Waals surface area (Å²) in [5.41, 5.74) is 0.699. The number of aliphatic hydroxyl groups is 1. The van der Waals surface area contributed by atoms with E-state index in [0.717, 1.165) is 12.8 Å². The minimum atomic E-state index is -0.655. The molecular weight excluding hydrogens is 257 g/mol. The maximum absolute atomic E-state index is 10.4. The normalized spacial score (nSPS) is 24.9. The van der Waals surface area contributed by atoms with E-state index in [2.05, 4.69) is 19.2 Å². The highest BCUT2D eigenvalue weighted by atomic mass is 35.5. The van der Waals surface area contributed by atoms with Crippen LogP contribution in [0.3, 0.4) is 0 Å². The van der Waals surface area contributed by atoms with Crippen LogP contribution in [-0.2, 0) is 0 Å². The van der Waals surface area contributed by atoms with Crippen molar-refractivity contribution in [2.75, 3.05) is 0 Å². The zero-order valence-corrected chi connectivity index (χ0v) is 11.5. The van der Waals surface area contributed by atoms with Gasteiger partial charge in [-0.1, -0.05) is 29.3 Å². The summed E-state index contributed by atoms with van der Waals surface area (Å²) in [6.45, 7) is 4.27. The summed E-state index contributed by atoms with van der Waals surface area (Å²) in [6, 6.07) is 5.31. The molecule has 0 saturated carbocycles. The Morgan fingerprint density at radius 3 is 2.41 bits per heavy atom. The molecule has 1 aliphatic rings. The van der Waals surface area contributed by atoms with Crippen molar-refractivity contribution in [1.82, 2.24) is 5.32 Å². The van der Waals surface area contributed by atoms with Gasteiger partial charge in [-0.3, -0.25) is 0 Å². The minimum Gasteiger partial charge on any atom is -0.387 e. The van der Waals surface area contributed by atoms with Crippen molar-refractivity contribution in [2.45, 2.75) is 44.4 Å². The molecule has 94 valence electrons. The van der Waals surface area contributed by atoms with E-state index < -0.39 is 6.10 Å². The number of aliphatic hydroxyl groups excluding tert-OH is 1. The van der Waals surface area contributed by atoms with Gasteiger partial charge >= 0.3 is 0 Å². The van der Waals surface area contributed by atoms with Crippen molar-refractivity contribution in [3.8, 4) is 0 Å². The highest BCUT2D eigenvalue weighted by Crippen LogP contribution is 2.36. The Hall–Kier alpha value is -0.280. The summed E-state index contributed by atoms with van der Waals surface area (Å²) in [7, 11) is 0. The largest absolute Gasteiger partial charge is 0.387 e. The van der Waals surface area contributed by atoms with Gasteiger partial charge in [-0.05, 0) is 38.8 Å². The lowest BCUT2D eigenvalue weighted by Crippen LogP contribution is -2.40. The molecule has 17 heavy (non-hydrogen) atoms. The first kappa shape index (κ1) is 13.2. The lowest BCUT2D eigenvalue weighted by molar-refractivity contribution is 0.132. The molecule has 1 heterocycles. The van der Waals surface area contributed by atoms with Gasteiger partial charge in [-0.2, -0.15) is 0 Å². The van der Waals surface area contributed by atoms with Crippen LogP contribution in [-0.4, -0.2) is 16.7 Å². The van der Waals surface area contributed by atoms with E-state index in [4.69, 9.17) is 23.2 Å². The Morgan fingerprint density at radius 2 is 1.94 bits per heavy atom. The molecule has 4 heteroatoms.